The molecule has 1 aliphatic carbocycles. The van der Waals surface area contributed by atoms with Crippen LogP contribution in [0.3, 0.4) is 0 Å². The summed E-state index contributed by atoms with van der Waals surface area (Å²) in [4.78, 5) is 29.8. The van der Waals surface area contributed by atoms with Crippen LogP contribution in [0.25, 0.3) is 0 Å². The Morgan fingerprint density at radius 3 is 2.86 bits per heavy atom. The molecule has 1 aromatic rings. The van der Waals surface area contributed by atoms with Gasteiger partial charge in [0.15, 0.2) is 0 Å². The molecule has 7 heteroatoms. The van der Waals surface area contributed by atoms with Gasteiger partial charge < -0.3 is 10.2 Å². The van der Waals surface area contributed by atoms with Gasteiger partial charge in [-0.1, -0.05) is 11.6 Å². The number of pyridine rings is 1. The highest BCUT2D eigenvalue weighted by molar-refractivity contribution is 6.32. The van der Waals surface area contributed by atoms with Crippen LogP contribution in [0.5, 0.6) is 0 Å². The van der Waals surface area contributed by atoms with Crippen molar-refractivity contribution in [1.29, 1.82) is 0 Å². The van der Waals surface area contributed by atoms with Crippen LogP contribution in [-0.2, 0) is 4.79 Å². The van der Waals surface area contributed by atoms with Gasteiger partial charge in [-0.25, -0.2) is 9.37 Å². The molecule has 2 heterocycles. The Balaban J connectivity index is 1.78. The second-order valence-electron chi connectivity index (χ2n) is 5.43. The normalized spacial score (nSPS) is 21.4. The molecule has 21 heavy (non-hydrogen) atoms. The Kier molecular flexibility index (Phi) is 3.80. The van der Waals surface area contributed by atoms with E-state index in [-0.39, 0.29) is 22.7 Å². The molecule has 0 spiro atoms. The first-order chi connectivity index (χ1) is 10.1. The minimum atomic E-state index is -0.624. The molecule has 5 nitrogen and oxygen atoms in total. The third-order valence-electron chi connectivity index (χ3n) is 3.78. The van der Waals surface area contributed by atoms with Crippen molar-refractivity contribution in [1.82, 2.24) is 15.2 Å². The maximum absolute atomic E-state index is 13.3. The fraction of sp³-hybridized carbons (Fsp3) is 0.500. The molecule has 1 aromatic heterocycles. The summed E-state index contributed by atoms with van der Waals surface area (Å²) in [6, 6.07) is 0.804. The molecule has 2 fully saturated rings. The minimum Gasteiger partial charge on any atom is -0.352 e. The van der Waals surface area contributed by atoms with E-state index in [1.807, 2.05) is 0 Å². The topological polar surface area (TPSA) is 62.3 Å². The van der Waals surface area contributed by atoms with Crippen molar-refractivity contribution in [3.8, 4) is 0 Å². The molecule has 112 valence electrons. The molecule has 0 bridgehead atoms. The van der Waals surface area contributed by atoms with Crippen molar-refractivity contribution < 1.29 is 14.0 Å². The zero-order chi connectivity index (χ0) is 15.0. The third kappa shape index (κ3) is 3.00. The van der Waals surface area contributed by atoms with Crippen molar-refractivity contribution in [3.05, 3.63) is 28.8 Å². The van der Waals surface area contributed by atoms with Crippen LogP contribution < -0.4 is 5.32 Å². The van der Waals surface area contributed by atoms with Gasteiger partial charge >= 0.3 is 0 Å². The first-order valence-corrected chi connectivity index (χ1v) is 7.36. The number of halogens is 2. The Morgan fingerprint density at radius 2 is 2.14 bits per heavy atom. The quantitative estimate of drug-likeness (QED) is 0.865. The maximum Gasteiger partial charge on any atom is 0.257 e. The zero-order valence-electron chi connectivity index (χ0n) is 11.3. The summed E-state index contributed by atoms with van der Waals surface area (Å²) in [5.41, 5.74) is 0.00258. The molecule has 2 amide bonds. The van der Waals surface area contributed by atoms with Crippen LogP contribution in [-0.4, -0.2) is 40.3 Å². The predicted octanol–water partition coefficient (Wildman–Crippen LogP) is 1.76. The van der Waals surface area contributed by atoms with E-state index in [0.29, 0.717) is 13.0 Å². The second kappa shape index (κ2) is 5.60. The molecule has 1 atom stereocenters. The van der Waals surface area contributed by atoms with Gasteiger partial charge in [-0.3, -0.25) is 9.59 Å². The van der Waals surface area contributed by atoms with E-state index in [9.17, 15) is 14.0 Å². The zero-order valence-corrected chi connectivity index (χ0v) is 12.1. The predicted molar refractivity (Wildman–Crippen MR) is 74.4 cm³/mol. The minimum absolute atomic E-state index is 0.00258. The lowest BCUT2D eigenvalue weighted by Crippen LogP contribution is -2.46. The number of aromatic nitrogens is 1. The summed E-state index contributed by atoms with van der Waals surface area (Å²) in [7, 11) is 0. The molecule has 2 aliphatic rings. The molecule has 1 saturated carbocycles. The summed E-state index contributed by atoms with van der Waals surface area (Å²) < 4.78 is 13.3. The van der Waals surface area contributed by atoms with E-state index >= 15 is 0 Å². The summed E-state index contributed by atoms with van der Waals surface area (Å²) in [5.74, 6) is -1.20. The largest absolute Gasteiger partial charge is 0.352 e. The number of carbonyl (C=O) groups is 2. The molecular weight excluding hydrogens is 297 g/mol. The molecule has 3 rings (SSSR count). The number of likely N-dealkylation sites (tertiary alicyclic amines) is 1. The number of nitrogens with zero attached hydrogens (tertiary/aromatic N) is 2. The smallest absolute Gasteiger partial charge is 0.257 e. The monoisotopic (exact) mass is 311 g/mol. The first kappa shape index (κ1) is 14.3. The maximum atomic E-state index is 13.3. The van der Waals surface area contributed by atoms with Crippen molar-refractivity contribution in [2.75, 3.05) is 6.54 Å². The van der Waals surface area contributed by atoms with E-state index < -0.39 is 17.8 Å². The van der Waals surface area contributed by atoms with Gasteiger partial charge in [0.2, 0.25) is 5.91 Å². The molecule has 1 saturated heterocycles. The Bertz CT molecular complexity index is 592. The summed E-state index contributed by atoms with van der Waals surface area (Å²) in [6.45, 7) is 0.467. The van der Waals surface area contributed by atoms with Gasteiger partial charge in [0.05, 0.1) is 11.8 Å². The summed E-state index contributed by atoms with van der Waals surface area (Å²) in [6.07, 6.45) is 4.30. The highest BCUT2D eigenvalue weighted by Crippen LogP contribution is 2.25. The highest BCUT2D eigenvalue weighted by atomic mass is 35.5. The van der Waals surface area contributed by atoms with Crippen LogP contribution in [0.2, 0.25) is 5.15 Å². The molecule has 0 aromatic carbocycles. The van der Waals surface area contributed by atoms with Gasteiger partial charge in [-0.05, 0) is 31.7 Å². The van der Waals surface area contributed by atoms with Gasteiger partial charge in [-0.15, -0.1) is 0 Å². The highest BCUT2D eigenvalue weighted by Gasteiger charge is 2.37. The number of amides is 2. The number of nitrogens with one attached hydrogen (secondary N) is 1. The van der Waals surface area contributed by atoms with Crippen molar-refractivity contribution >= 4 is 23.4 Å². The fourth-order valence-corrected chi connectivity index (χ4v) is 2.72. The lowest BCUT2D eigenvalue weighted by molar-refractivity contribution is -0.125. The van der Waals surface area contributed by atoms with Crippen molar-refractivity contribution in [2.24, 2.45) is 0 Å². The number of hydrogen-bond acceptors (Lipinski definition) is 3. The van der Waals surface area contributed by atoms with Crippen LogP contribution in [0.15, 0.2) is 12.3 Å². The molecule has 1 N–H and O–H groups in total. The van der Waals surface area contributed by atoms with Crippen LogP contribution in [0, 0.1) is 5.82 Å². The standard InChI is InChI=1S/C14H15ClFN3O2/c15-12-10(6-8(16)7-17-12)14(21)19-5-1-2-11(19)13(20)18-9-3-4-9/h6-7,9,11H,1-5H2,(H,18,20). The van der Waals surface area contributed by atoms with Gasteiger partial charge in [-0.2, -0.15) is 0 Å². The molecular formula is C14H15ClFN3O2. The summed E-state index contributed by atoms with van der Waals surface area (Å²) in [5, 5.41) is 2.86. The number of rotatable bonds is 3. The average Bonchev–Trinajstić information content (AvgIpc) is 3.13. The average molecular weight is 312 g/mol. The molecule has 0 radical (unpaired) electrons. The van der Waals surface area contributed by atoms with Gasteiger partial charge in [0, 0.05) is 12.6 Å². The van der Waals surface area contributed by atoms with Crippen LogP contribution in [0.4, 0.5) is 4.39 Å². The SMILES string of the molecule is O=C(NC1CC1)C1CCCN1C(=O)c1cc(F)cnc1Cl. The van der Waals surface area contributed by atoms with E-state index in [4.69, 9.17) is 11.6 Å². The lowest BCUT2D eigenvalue weighted by atomic mass is 10.2. The third-order valence-corrected chi connectivity index (χ3v) is 4.08. The van der Waals surface area contributed by atoms with Gasteiger partial charge in [0.1, 0.15) is 17.0 Å². The number of hydrogen-bond donors (Lipinski definition) is 1. The van der Waals surface area contributed by atoms with Crippen molar-refractivity contribution in [3.63, 3.8) is 0 Å². The Morgan fingerprint density at radius 1 is 1.38 bits per heavy atom. The summed E-state index contributed by atoms with van der Waals surface area (Å²) >= 11 is 5.87. The van der Waals surface area contributed by atoms with E-state index in [0.717, 1.165) is 31.5 Å². The van der Waals surface area contributed by atoms with Crippen molar-refractivity contribution in [2.45, 2.75) is 37.8 Å². The van der Waals surface area contributed by atoms with Crippen LogP contribution >= 0.6 is 11.6 Å². The lowest BCUT2D eigenvalue weighted by Gasteiger charge is -2.24. The van der Waals surface area contributed by atoms with Gasteiger partial charge in [0.25, 0.3) is 5.91 Å². The van der Waals surface area contributed by atoms with Crippen LogP contribution in [0.1, 0.15) is 36.0 Å². The Hall–Kier alpha value is -1.69. The van der Waals surface area contributed by atoms with E-state index in [2.05, 4.69) is 10.3 Å². The fourth-order valence-electron chi connectivity index (χ4n) is 2.53. The van der Waals surface area contributed by atoms with E-state index in [1.165, 1.54) is 4.90 Å². The first-order valence-electron chi connectivity index (χ1n) is 6.98. The molecule has 1 unspecified atom stereocenters. The second-order valence-corrected chi connectivity index (χ2v) is 5.79. The Labute approximate surface area is 126 Å². The molecule has 1 aliphatic heterocycles. The number of carbonyl (C=O) groups excluding carboxylic acids is 2. The van der Waals surface area contributed by atoms with E-state index in [1.54, 1.807) is 0 Å².